The van der Waals surface area contributed by atoms with Crippen LogP contribution in [0.15, 0.2) is 30.3 Å². The van der Waals surface area contributed by atoms with E-state index in [1.54, 1.807) is 0 Å². The van der Waals surface area contributed by atoms with Crippen LogP contribution in [0.5, 0.6) is 0 Å². The molecule has 2 fully saturated rings. The van der Waals surface area contributed by atoms with Crippen molar-refractivity contribution >= 4 is 6.03 Å². The second-order valence-corrected chi connectivity index (χ2v) is 7.09. The second kappa shape index (κ2) is 8.17. The van der Waals surface area contributed by atoms with Crippen LogP contribution in [-0.2, 0) is 15.9 Å². The minimum atomic E-state index is -0.434. The molecular formula is C19H29N3O3. The lowest BCUT2D eigenvalue weighted by Gasteiger charge is -2.37. The molecule has 6 heteroatoms. The van der Waals surface area contributed by atoms with Gasteiger partial charge in [0.05, 0.1) is 13.2 Å². The van der Waals surface area contributed by atoms with Crippen molar-refractivity contribution in [2.75, 3.05) is 46.9 Å². The number of likely N-dealkylation sites (N-methyl/N-ethyl adjacent to an activating group) is 1. The maximum absolute atomic E-state index is 12.5. The molecule has 2 heterocycles. The molecule has 0 saturated carbocycles. The first-order valence-corrected chi connectivity index (χ1v) is 9.09. The van der Waals surface area contributed by atoms with Gasteiger partial charge in [0.25, 0.3) is 0 Å². The maximum Gasteiger partial charge on any atom is 0.317 e. The van der Waals surface area contributed by atoms with Gasteiger partial charge in [-0.15, -0.1) is 0 Å². The molecule has 2 saturated heterocycles. The van der Waals surface area contributed by atoms with E-state index in [-0.39, 0.29) is 12.1 Å². The number of carbonyl (C=O) groups excluding carboxylic acids is 1. The first-order valence-electron chi connectivity index (χ1n) is 9.09. The van der Waals surface area contributed by atoms with E-state index >= 15 is 0 Å². The lowest BCUT2D eigenvalue weighted by Crippen LogP contribution is -2.52. The average Bonchev–Trinajstić information content (AvgIpc) is 3.07. The number of hydrogen-bond donors (Lipinski definition) is 1. The molecule has 2 aliphatic rings. The SMILES string of the molecule is CN(C)C(CNC(=O)N1CCC2(CC1)OCCO2)Cc1ccccc1. The van der Waals surface area contributed by atoms with Crippen molar-refractivity contribution in [3.05, 3.63) is 35.9 Å². The molecule has 0 radical (unpaired) electrons. The van der Waals surface area contributed by atoms with Crippen LogP contribution < -0.4 is 5.32 Å². The van der Waals surface area contributed by atoms with Gasteiger partial charge in [0.2, 0.25) is 0 Å². The third kappa shape index (κ3) is 4.71. The third-order valence-electron chi connectivity index (χ3n) is 5.16. The van der Waals surface area contributed by atoms with Crippen LogP contribution >= 0.6 is 0 Å². The van der Waals surface area contributed by atoms with Crippen LogP contribution in [0, 0.1) is 0 Å². The van der Waals surface area contributed by atoms with Gasteiger partial charge in [0, 0.05) is 38.5 Å². The molecule has 25 heavy (non-hydrogen) atoms. The van der Waals surface area contributed by atoms with Gasteiger partial charge >= 0.3 is 6.03 Å². The minimum Gasteiger partial charge on any atom is -0.347 e. The number of likely N-dealkylation sites (tertiary alicyclic amines) is 1. The summed E-state index contributed by atoms with van der Waals surface area (Å²) in [5.41, 5.74) is 1.28. The molecule has 2 aliphatic heterocycles. The van der Waals surface area contributed by atoms with Crippen molar-refractivity contribution in [2.45, 2.75) is 31.1 Å². The summed E-state index contributed by atoms with van der Waals surface area (Å²) in [5.74, 6) is -0.434. The number of nitrogens with zero attached hydrogens (tertiary/aromatic N) is 2. The van der Waals surface area contributed by atoms with Crippen LogP contribution in [0.4, 0.5) is 4.79 Å². The van der Waals surface area contributed by atoms with Crippen molar-refractivity contribution < 1.29 is 14.3 Å². The number of nitrogens with one attached hydrogen (secondary N) is 1. The molecule has 2 amide bonds. The zero-order chi connectivity index (χ0) is 17.7. The van der Waals surface area contributed by atoms with Gasteiger partial charge in [-0.2, -0.15) is 0 Å². The van der Waals surface area contributed by atoms with Gasteiger partial charge in [-0.3, -0.25) is 0 Å². The molecule has 0 aromatic heterocycles. The van der Waals surface area contributed by atoms with Crippen LogP contribution in [0.1, 0.15) is 18.4 Å². The highest BCUT2D eigenvalue weighted by atomic mass is 16.7. The fourth-order valence-electron chi connectivity index (χ4n) is 3.48. The smallest absolute Gasteiger partial charge is 0.317 e. The van der Waals surface area contributed by atoms with E-state index < -0.39 is 5.79 Å². The van der Waals surface area contributed by atoms with Crippen molar-refractivity contribution in [1.82, 2.24) is 15.1 Å². The third-order valence-corrected chi connectivity index (χ3v) is 5.16. The van der Waals surface area contributed by atoms with E-state index in [0.717, 1.165) is 19.3 Å². The number of ether oxygens (including phenoxy) is 2. The highest BCUT2D eigenvalue weighted by Gasteiger charge is 2.40. The standard InChI is InChI=1S/C19H29N3O3/c1-21(2)17(14-16-6-4-3-5-7-16)15-20-18(23)22-10-8-19(9-11-22)24-12-13-25-19/h3-7,17H,8-15H2,1-2H3,(H,20,23). The molecule has 0 aliphatic carbocycles. The Morgan fingerprint density at radius 3 is 2.44 bits per heavy atom. The first kappa shape index (κ1) is 18.2. The summed E-state index contributed by atoms with van der Waals surface area (Å²) < 4.78 is 11.4. The molecule has 1 unspecified atom stereocenters. The summed E-state index contributed by atoms with van der Waals surface area (Å²) >= 11 is 0. The van der Waals surface area contributed by atoms with Gasteiger partial charge in [-0.1, -0.05) is 30.3 Å². The quantitative estimate of drug-likeness (QED) is 0.881. The Morgan fingerprint density at radius 2 is 1.84 bits per heavy atom. The number of urea groups is 1. The number of hydrogen-bond acceptors (Lipinski definition) is 4. The molecule has 1 spiro atoms. The molecule has 1 atom stereocenters. The van der Waals surface area contributed by atoms with Crippen LogP contribution in [0.25, 0.3) is 0 Å². The van der Waals surface area contributed by atoms with Gasteiger partial charge in [0.1, 0.15) is 0 Å². The van der Waals surface area contributed by atoms with E-state index in [1.807, 2.05) is 11.0 Å². The van der Waals surface area contributed by atoms with Crippen LogP contribution in [0.3, 0.4) is 0 Å². The number of amides is 2. The minimum absolute atomic E-state index is 0.00718. The first-order chi connectivity index (χ1) is 12.1. The molecule has 138 valence electrons. The zero-order valence-electron chi connectivity index (χ0n) is 15.2. The summed E-state index contributed by atoms with van der Waals surface area (Å²) in [6, 6.07) is 10.7. The van der Waals surface area contributed by atoms with Crippen LogP contribution in [0.2, 0.25) is 0 Å². The molecule has 3 rings (SSSR count). The topological polar surface area (TPSA) is 54.0 Å². The Morgan fingerprint density at radius 1 is 1.20 bits per heavy atom. The van der Waals surface area contributed by atoms with E-state index in [9.17, 15) is 4.79 Å². The summed E-state index contributed by atoms with van der Waals surface area (Å²) in [4.78, 5) is 16.5. The van der Waals surface area contributed by atoms with Gasteiger partial charge in [-0.25, -0.2) is 4.79 Å². The Kier molecular flexibility index (Phi) is 5.93. The lowest BCUT2D eigenvalue weighted by atomic mass is 10.0. The highest BCUT2D eigenvalue weighted by Crippen LogP contribution is 2.31. The van der Waals surface area contributed by atoms with E-state index in [2.05, 4.69) is 48.6 Å². The molecule has 6 nitrogen and oxygen atoms in total. The predicted octanol–water partition coefficient (Wildman–Crippen LogP) is 1.71. The average molecular weight is 347 g/mol. The van der Waals surface area contributed by atoms with E-state index in [0.29, 0.717) is 32.8 Å². The second-order valence-electron chi connectivity index (χ2n) is 7.09. The van der Waals surface area contributed by atoms with Gasteiger partial charge in [-0.05, 0) is 26.1 Å². The number of carbonyl (C=O) groups is 1. The van der Waals surface area contributed by atoms with E-state index in [4.69, 9.17) is 9.47 Å². The molecule has 1 aromatic carbocycles. The van der Waals surface area contributed by atoms with Crippen LogP contribution in [-0.4, -0.2) is 74.6 Å². The Hall–Kier alpha value is -1.63. The fraction of sp³-hybridized carbons (Fsp3) is 0.632. The molecule has 1 aromatic rings. The summed E-state index contributed by atoms with van der Waals surface area (Å²) in [7, 11) is 4.11. The lowest BCUT2D eigenvalue weighted by molar-refractivity contribution is -0.181. The summed E-state index contributed by atoms with van der Waals surface area (Å²) in [6.07, 6.45) is 2.42. The number of piperidine rings is 1. The number of benzene rings is 1. The molecular weight excluding hydrogens is 318 g/mol. The summed E-state index contributed by atoms with van der Waals surface area (Å²) in [6.45, 7) is 3.32. The largest absolute Gasteiger partial charge is 0.347 e. The maximum atomic E-state index is 12.5. The molecule has 0 bridgehead atoms. The predicted molar refractivity (Wildman–Crippen MR) is 96.5 cm³/mol. The van der Waals surface area contributed by atoms with Crippen molar-refractivity contribution in [3.63, 3.8) is 0 Å². The zero-order valence-corrected chi connectivity index (χ0v) is 15.2. The normalized spacial score (nSPS) is 20.8. The Labute approximate surface area is 150 Å². The van der Waals surface area contributed by atoms with E-state index in [1.165, 1.54) is 5.56 Å². The van der Waals surface area contributed by atoms with Crippen molar-refractivity contribution in [3.8, 4) is 0 Å². The fourth-order valence-corrected chi connectivity index (χ4v) is 3.48. The Bertz CT molecular complexity index is 548. The van der Waals surface area contributed by atoms with Crippen molar-refractivity contribution in [2.24, 2.45) is 0 Å². The van der Waals surface area contributed by atoms with Gasteiger partial charge in [0.15, 0.2) is 5.79 Å². The monoisotopic (exact) mass is 347 g/mol. The van der Waals surface area contributed by atoms with Gasteiger partial charge < -0.3 is 24.6 Å². The summed E-state index contributed by atoms with van der Waals surface area (Å²) in [5, 5.41) is 3.10. The van der Waals surface area contributed by atoms with Crippen molar-refractivity contribution in [1.29, 1.82) is 0 Å². The molecule has 1 N–H and O–H groups in total. The number of rotatable bonds is 5. The highest BCUT2D eigenvalue weighted by molar-refractivity contribution is 5.74. The Balaban J connectivity index is 1.47.